The Bertz CT molecular complexity index is 1250. The molecular formula is C26H31N5O5S. The van der Waals surface area contributed by atoms with Gasteiger partial charge in [0.2, 0.25) is 17.7 Å². The smallest absolute Gasteiger partial charge is 0.326 e. The van der Waals surface area contributed by atoms with E-state index in [1.165, 1.54) is 6.92 Å². The molecular weight excluding hydrogens is 494 g/mol. The molecule has 0 bridgehead atoms. The van der Waals surface area contributed by atoms with Crippen LogP contribution in [-0.4, -0.2) is 63.7 Å². The number of carbonyl (C=O) groups is 4. The summed E-state index contributed by atoms with van der Waals surface area (Å²) in [6.07, 6.45) is 1.91. The monoisotopic (exact) mass is 525 g/mol. The number of amides is 3. The first-order valence-corrected chi connectivity index (χ1v) is 12.4. The number of hydrogen-bond donors (Lipinski definition) is 7. The molecule has 3 aromatic rings. The van der Waals surface area contributed by atoms with Gasteiger partial charge in [0.15, 0.2) is 0 Å². The van der Waals surface area contributed by atoms with Crippen LogP contribution < -0.4 is 21.7 Å². The van der Waals surface area contributed by atoms with Crippen molar-refractivity contribution < 1.29 is 24.3 Å². The topological polar surface area (TPSA) is 166 Å². The first-order valence-electron chi connectivity index (χ1n) is 11.8. The molecule has 7 N–H and O–H groups in total. The number of aromatic nitrogens is 1. The second-order valence-electron chi connectivity index (χ2n) is 8.73. The van der Waals surface area contributed by atoms with E-state index in [4.69, 9.17) is 5.73 Å². The molecule has 11 heteroatoms. The van der Waals surface area contributed by atoms with Crippen LogP contribution in [0.2, 0.25) is 0 Å². The van der Waals surface area contributed by atoms with Crippen LogP contribution in [0.5, 0.6) is 0 Å². The molecule has 1 heterocycles. The largest absolute Gasteiger partial charge is 0.480 e. The molecule has 0 aliphatic rings. The van der Waals surface area contributed by atoms with Crippen LogP contribution >= 0.6 is 12.6 Å². The maximum atomic E-state index is 13.3. The lowest BCUT2D eigenvalue weighted by molar-refractivity contribution is -0.142. The van der Waals surface area contributed by atoms with E-state index in [1.807, 2.05) is 30.3 Å². The molecule has 2 aromatic carbocycles. The Kier molecular flexibility index (Phi) is 9.70. The van der Waals surface area contributed by atoms with Crippen molar-refractivity contribution >= 4 is 47.2 Å². The third kappa shape index (κ3) is 7.58. The van der Waals surface area contributed by atoms with E-state index in [9.17, 15) is 24.3 Å². The number of carbonyl (C=O) groups excluding carboxylic acids is 3. The number of hydrogen-bond acceptors (Lipinski definition) is 6. The molecule has 3 amide bonds. The molecule has 0 fully saturated rings. The molecule has 37 heavy (non-hydrogen) atoms. The standard InChI is InChI=1S/C26H31N5O5S/c1-15(29-24(33)19(27)14-37)23(32)30-21(12-17-13-28-20-10-6-5-9-18(17)20)25(34)31-22(26(35)36)11-16-7-3-2-4-8-16/h2-10,13,15,19,21-22,28,37H,11-12,14,27H2,1H3,(H,29,33)(H,30,32)(H,31,34)(H,35,36). The van der Waals surface area contributed by atoms with Gasteiger partial charge in [-0.25, -0.2) is 4.79 Å². The lowest BCUT2D eigenvalue weighted by Crippen LogP contribution is -2.57. The van der Waals surface area contributed by atoms with Gasteiger partial charge in [0.25, 0.3) is 0 Å². The highest BCUT2D eigenvalue weighted by Gasteiger charge is 2.29. The minimum atomic E-state index is -1.21. The number of nitrogens with two attached hydrogens (primary N) is 1. The molecule has 3 rings (SSSR count). The number of benzene rings is 2. The minimum absolute atomic E-state index is 0.0732. The SMILES string of the molecule is CC(NC(=O)C(N)CS)C(=O)NC(Cc1c[nH]c2ccccc12)C(=O)NC(Cc1ccccc1)C(=O)O. The van der Waals surface area contributed by atoms with Crippen LogP contribution in [0, 0.1) is 0 Å². The van der Waals surface area contributed by atoms with E-state index in [-0.39, 0.29) is 18.6 Å². The summed E-state index contributed by atoms with van der Waals surface area (Å²) >= 11 is 3.98. The van der Waals surface area contributed by atoms with Gasteiger partial charge in [0.05, 0.1) is 6.04 Å². The zero-order chi connectivity index (χ0) is 26.9. The quantitative estimate of drug-likeness (QED) is 0.173. The number of fused-ring (bicyclic) bond motifs is 1. The Morgan fingerprint density at radius 1 is 0.892 bits per heavy atom. The fourth-order valence-electron chi connectivity index (χ4n) is 3.82. The molecule has 0 saturated carbocycles. The summed E-state index contributed by atoms with van der Waals surface area (Å²) < 4.78 is 0. The first-order chi connectivity index (χ1) is 17.7. The van der Waals surface area contributed by atoms with Crippen molar-refractivity contribution in [3.05, 3.63) is 71.9 Å². The maximum absolute atomic E-state index is 13.3. The summed E-state index contributed by atoms with van der Waals surface area (Å²) in [4.78, 5) is 53.4. The van der Waals surface area contributed by atoms with Gasteiger partial charge in [-0.15, -0.1) is 0 Å². The first kappa shape index (κ1) is 27.8. The summed E-state index contributed by atoms with van der Waals surface area (Å²) in [5, 5.41) is 18.3. The van der Waals surface area contributed by atoms with Crippen molar-refractivity contribution in [1.29, 1.82) is 0 Å². The number of para-hydroxylation sites is 1. The highest BCUT2D eigenvalue weighted by molar-refractivity contribution is 7.80. The van der Waals surface area contributed by atoms with Crippen molar-refractivity contribution in [2.24, 2.45) is 5.73 Å². The average Bonchev–Trinajstić information content (AvgIpc) is 3.30. The van der Waals surface area contributed by atoms with Gasteiger partial charge in [-0.2, -0.15) is 12.6 Å². The zero-order valence-corrected chi connectivity index (χ0v) is 21.2. The van der Waals surface area contributed by atoms with Gasteiger partial charge in [-0.1, -0.05) is 48.5 Å². The molecule has 0 spiro atoms. The summed E-state index contributed by atoms with van der Waals surface area (Å²) in [5.41, 5.74) is 8.02. The second kappa shape index (κ2) is 12.9. The Balaban J connectivity index is 1.80. The fraction of sp³-hybridized carbons (Fsp3) is 0.308. The van der Waals surface area contributed by atoms with Gasteiger partial charge in [0, 0.05) is 35.7 Å². The fourth-order valence-corrected chi connectivity index (χ4v) is 3.98. The van der Waals surface area contributed by atoms with Gasteiger partial charge >= 0.3 is 5.97 Å². The van der Waals surface area contributed by atoms with Crippen LogP contribution in [0.3, 0.4) is 0 Å². The van der Waals surface area contributed by atoms with Gasteiger partial charge in [0.1, 0.15) is 18.1 Å². The molecule has 4 atom stereocenters. The third-order valence-corrected chi connectivity index (χ3v) is 6.31. The summed E-state index contributed by atoms with van der Waals surface area (Å²) in [5.74, 6) is -2.92. The van der Waals surface area contributed by atoms with Gasteiger partial charge in [-0.05, 0) is 24.1 Å². The Morgan fingerprint density at radius 2 is 1.54 bits per heavy atom. The van der Waals surface area contributed by atoms with Crippen LogP contribution in [0.4, 0.5) is 0 Å². The molecule has 1 aromatic heterocycles. The van der Waals surface area contributed by atoms with E-state index >= 15 is 0 Å². The molecule has 4 unspecified atom stereocenters. The molecule has 0 saturated heterocycles. The molecule has 0 aliphatic heterocycles. The van der Waals surface area contributed by atoms with Crippen LogP contribution in [-0.2, 0) is 32.0 Å². The van der Waals surface area contributed by atoms with Crippen LogP contribution in [0.25, 0.3) is 10.9 Å². The summed E-state index contributed by atoms with van der Waals surface area (Å²) in [6, 6.07) is 12.2. The number of aromatic amines is 1. The average molecular weight is 526 g/mol. The van der Waals surface area contributed by atoms with E-state index in [0.717, 1.165) is 22.0 Å². The van der Waals surface area contributed by atoms with Crippen molar-refractivity contribution in [2.75, 3.05) is 5.75 Å². The van der Waals surface area contributed by atoms with E-state index < -0.39 is 47.9 Å². The van der Waals surface area contributed by atoms with E-state index in [1.54, 1.807) is 30.5 Å². The van der Waals surface area contributed by atoms with Crippen LogP contribution in [0.1, 0.15) is 18.1 Å². The number of H-pyrrole nitrogens is 1. The third-order valence-electron chi connectivity index (χ3n) is 5.91. The van der Waals surface area contributed by atoms with Crippen LogP contribution in [0.15, 0.2) is 60.8 Å². The normalized spacial score (nSPS) is 14.2. The predicted octanol–water partition coefficient (Wildman–Crippen LogP) is 0.769. The lowest BCUT2D eigenvalue weighted by atomic mass is 10.0. The number of nitrogens with one attached hydrogen (secondary N) is 4. The summed E-state index contributed by atoms with van der Waals surface area (Å²) in [6.45, 7) is 1.47. The zero-order valence-electron chi connectivity index (χ0n) is 20.3. The van der Waals surface area contributed by atoms with Crippen molar-refractivity contribution in [1.82, 2.24) is 20.9 Å². The highest BCUT2D eigenvalue weighted by Crippen LogP contribution is 2.19. The number of thiol groups is 1. The second-order valence-corrected chi connectivity index (χ2v) is 9.10. The van der Waals surface area contributed by atoms with Crippen molar-refractivity contribution in [3.8, 4) is 0 Å². The minimum Gasteiger partial charge on any atom is -0.480 e. The number of carboxylic acid groups (broad SMARTS) is 1. The Morgan fingerprint density at radius 3 is 2.22 bits per heavy atom. The lowest BCUT2D eigenvalue weighted by Gasteiger charge is -2.24. The molecule has 0 aliphatic carbocycles. The van der Waals surface area contributed by atoms with E-state index in [2.05, 4.69) is 33.6 Å². The van der Waals surface area contributed by atoms with Crippen molar-refractivity contribution in [2.45, 2.75) is 43.9 Å². The Labute approximate surface area is 219 Å². The summed E-state index contributed by atoms with van der Waals surface area (Å²) in [7, 11) is 0. The molecule has 196 valence electrons. The van der Waals surface area contributed by atoms with Gasteiger partial charge < -0.3 is 31.8 Å². The van der Waals surface area contributed by atoms with E-state index in [0.29, 0.717) is 0 Å². The van der Waals surface area contributed by atoms with Crippen molar-refractivity contribution in [3.63, 3.8) is 0 Å². The maximum Gasteiger partial charge on any atom is 0.326 e. The Hall–Kier alpha value is -3.83. The predicted molar refractivity (Wildman–Crippen MR) is 143 cm³/mol. The number of aliphatic carboxylic acids is 1. The van der Waals surface area contributed by atoms with Gasteiger partial charge in [-0.3, -0.25) is 14.4 Å². The number of carboxylic acids is 1. The molecule has 0 radical (unpaired) electrons. The number of rotatable bonds is 12. The highest BCUT2D eigenvalue weighted by atomic mass is 32.1. The molecule has 10 nitrogen and oxygen atoms in total.